The number of amides is 1. The Kier molecular flexibility index (Phi) is 4.31. The van der Waals surface area contributed by atoms with Crippen LogP contribution in [0.5, 0.6) is 11.5 Å². The van der Waals surface area contributed by atoms with Gasteiger partial charge in [-0.25, -0.2) is 9.78 Å². The molecule has 25 heavy (non-hydrogen) atoms. The highest BCUT2D eigenvalue weighted by atomic mass is 16.7. The lowest BCUT2D eigenvalue weighted by Crippen LogP contribution is -2.36. The SMILES string of the molecule is CC(C)(CNC(=O)c1ccnc(C(=O)O)c1)c1ccc2c(c1)OCO2. The highest BCUT2D eigenvalue weighted by Crippen LogP contribution is 2.36. The number of nitrogens with zero attached hydrogens (tertiary/aromatic N) is 1. The summed E-state index contributed by atoms with van der Waals surface area (Å²) in [4.78, 5) is 27.0. The maximum atomic E-state index is 12.3. The van der Waals surface area contributed by atoms with Crippen LogP contribution in [0, 0.1) is 0 Å². The van der Waals surface area contributed by atoms with E-state index >= 15 is 0 Å². The Morgan fingerprint density at radius 1 is 1.20 bits per heavy atom. The van der Waals surface area contributed by atoms with Crippen molar-refractivity contribution in [2.45, 2.75) is 19.3 Å². The fraction of sp³-hybridized carbons (Fsp3) is 0.278. The molecule has 0 spiro atoms. The molecule has 2 heterocycles. The minimum atomic E-state index is -1.17. The van der Waals surface area contributed by atoms with Crippen LogP contribution in [0.4, 0.5) is 0 Å². The highest BCUT2D eigenvalue weighted by molar-refractivity contribution is 5.96. The van der Waals surface area contributed by atoms with E-state index < -0.39 is 5.97 Å². The standard InChI is InChI=1S/C18H18N2O5/c1-18(2,12-3-4-14-15(8-12)25-10-24-14)9-20-16(21)11-5-6-19-13(7-11)17(22)23/h3-8H,9-10H2,1-2H3,(H,20,21)(H,22,23). The van der Waals surface area contributed by atoms with Crippen LogP contribution in [0.15, 0.2) is 36.5 Å². The maximum Gasteiger partial charge on any atom is 0.354 e. The monoisotopic (exact) mass is 342 g/mol. The average molecular weight is 342 g/mol. The molecule has 7 heteroatoms. The van der Waals surface area contributed by atoms with Crippen LogP contribution in [0.1, 0.15) is 40.3 Å². The lowest BCUT2D eigenvalue weighted by molar-refractivity contribution is 0.0690. The molecular formula is C18H18N2O5. The van der Waals surface area contributed by atoms with Gasteiger partial charge in [0, 0.05) is 23.7 Å². The van der Waals surface area contributed by atoms with Crippen molar-refractivity contribution in [2.75, 3.05) is 13.3 Å². The van der Waals surface area contributed by atoms with Crippen LogP contribution < -0.4 is 14.8 Å². The van der Waals surface area contributed by atoms with Crippen LogP contribution in [0.2, 0.25) is 0 Å². The predicted octanol–water partition coefficient (Wildman–Crippen LogP) is 2.22. The maximum absolute atomic E-state index is 12.3. The normalized spacial score (nSPS) is 12.7. The quantitative estimate of drug-likeness (QED) is 0.865. The van der Waals surface area contributed by atoms with Gasteiger partial charge in [-0.3, -0.25) is 4.79 Å². The molecule has 0 saturated heterocycles. The van der Waals surface area contributed by atoms with Crippen LogP contribution >= 0.6 is 0 Å². The summed E-state index contributed by atoms with van der Waals surface area (Å²) in [5.41, 5.74) is 0.744. The first-order valence-electron chi connectivity index (χ1n) is 7.74. The summed E-state index contributed by atoms with van der Waals surface area (Å²) in [7, 11) is 0. The number of rotatable bonds is 5. The topological polar surface area (TPSA) is 97.8 Å². The molecule has 0 atom stereocenters. The summed E-state index contributed by atoms with van der Waals surface area (Å²) in [6.07, 6.45) is 1.31. The molecule has 1 aromatic heterocycles. The Labute approximate surface area is 144 Å². The molecule has 1 aliphatic rings. The number of carbonyl (C=O) groups excluding carboxylic acids is 1. The summed E-state index contributed by atoms with van der Waals surface area (Å²) >= 11 is 0. The number of hydrogen-bond acceptors (Lipinski definition) is 5. The fourth-order valence-electron chi connectivity index (χ4n) is 2.51. The van der Waals surface area contributed by atoms with E-state index in [-0.39, 0.29) is 29.4 Å². The molecule has 130 valence electrons. The van der Waals surface area contributed by atoms with Gasteiger partial charge in [0.25, 0.3) is 5.91 Å². The van der Waals surface area contributed by atoms with Crippen molar-refractivity contribution >= 4 is 11.9 Å². The lowest BCUT2D eigenvalue weighted by atomic mass is 9.84. The molecule has 3 rings (SSSR count). The fourth-order valence-corrected chi connectivity index (χ4v) is 2.51. The first-order valence-corrected chi connectivity index (χ1v) is 7.74. The lowest BCUT2D eigenvalue weighted by Gasteiger charge is -2.26. The number of hydrogen-bond donors (Lipinski definition) is 2. The van der Waals surface area contributed by atoms with E-state index in [0.717, 1.165) is 5.56 Å². The Balaban J connectivity index is 1.70. The van der Waals surface area contributed by atoms with E-state index in [1.807, 2.05) is 32.0 Å². The Hall–Kier alpha value is -3.09. The predicted molar refractivity (Wildman–Crippen MR) is 89.1 cm³/mol. The molecule has 0 saturated carbocycles. The second-order valence-corrected chi connectivity index (χ2v) is 6.37. The minimum absolute atomic E-state index is 0.164. The molecule has 2 N–H and O–H groups in total. The molecule has 0 radical (unpaired) electrons. The van der Waals surface area contributed by atoms with Crippen molar-refractivity contribution in [1.29, 1.82) is 0 Å². The number of carbonyl (C=O) groups is 2. The smallest absolute Gasteiger partial charge is 0.354 e. The van der Waals surface area contributed by atoms with Crippen molar-refractivity contribution in [1.82, 2.24) is 10.3 Å². The number of ether oxygens (including phenoxy) is 2. The Morgan fingerprint density at radius 3 is 2.72 bits per heavy atom. The van der Waals surface area contributed by atoms with Crippen molar-refractivity contribution < 1.29 is 24.2 Å². The van der Waals surface area contributed by atoms with E-state index in [1.165, 1.54) is 18.3 Å². The second kappa shape index (κ2) is 6.43. The van der Waals surface area contributed by atoms with Gasteiger partial charge in [0.15, 0.2) is 11.5 Å². The van der Waals surface area contributed by atoms with Gasteiger partial charge >= 0.3 is 5.97 Å². The molecule has 7 nitrogen and oxygen atoms in total. The number of carboxylic acid groups (broad SMARTS) is 1. The largest absolute Gasteiger partial charge is 0.477 e. The summed E-state index contributed by atoms with van der Waals surface area (Å²) in [5, 5.41) is 11.8. The van der Waals surface area contributed by atoms with Gasteiger partial charge in [0.1, 0.15) is 5.69 Å². The third-order valence-electron chi connectivity index (χ3n) is 4.09. The Morgan fingerprint density at radius 2 is 1.96 bits per heavy atom. The van der Waals surface area contributed by atoms with E-state index in [1.54, 1.807) is 0 Å². The molecular weight excluding hydrogens is 324 g/mol. The summed E-state index contributed by atoms with van der Waals surface area (Å²) in [5.74, 6) is -0.118. The van der Waals surface area contributed by atoms with E-state index in [4.69, 9.17) is 14.6 Å². The van der Waals surface area contributed by atoms with Crippen molar-refractivity contribution in [3.8, 4) is 11.5 Å². The molecule has 2 aromatic rings. The van der Waals surface area contributed by atoms with E-state index in [0.29, 0.717) is 18.0 Å². The summed E-state index contributed by atoms with van der Waals surface area (Å²) < 4.78 is 10.7. The average Bonchev–Trinajstić information content (AvgIpc) is 3.07. The first kappa shape index (κ1) is 16.8. The molecule has 1 amide bonds. The zero-order chi connectivity index (χ0) is 18.0. The van der Waals surface area contributed by atoms with Gasteiger partial charge in [-0.2, -0.15) is 0 Å². The van der Waals surface area contributed by atoms with Crippen LogP contribution in [-0.2, 0) is 5.41 Å². The van der Waals surface area contributed by atoms with Gasteiger partial charge in [-0.1, -0.05) is 19.9 Å². The van der Waals surface area contributed by atoms with Crippen molar-refractivity contribution in [2.24, 2.45) is 0 Å². The van der Waals surface area contributed by atoms with Gasteiger partial charge in [-0.05, 0) is 29.8 Å². The number of aromatic carboxylic acids is 1. The Bertz CT molecular complexity index is 832. The number of benzene rings is 1. The number of fused-ring (bicyclic) bond motifs is 1. The number of carboxylic acids is 1. The number of nitrogens with one attached hydrogen (secondary N) is 1. The van der Waals surface area contributed by atoms with Gasteiger partial charge in [0.2, 0.25) is 6.79 Å². The number of pyridine rings is 1. The van der Waals surface area contributed by atoms with Crippen LogP contribution in [0.3, 0.4) is 0 Å². The minimum Gasteiger partial charge on any atom is -0.477 e. The van der Waals surface area contributed by atoms with E-state index in [2.05, 4.69) is 10.3 Å². The first-order chi connectivity index (χ1) is 11.9. The van der Waals surface area contributed by atoms with Gasteiger partial charge in [0.05, 0.1) is 0 Å². The third-order valence-corrected chi connectivity index (χ3v) is 4.09. The van der Waals surface area contributed by atoms with Crippen LogP contribution in [-0.4, -0.2) is 35.3 Å². The summed E-state index contributed by atoms with van der Waals surface area (Å²) in [6, 6.07) is 8.43. The highest BCUT2D eigenvalue weighted by Gasteiger charge is 2.25. The molecule has 0 bridgehead atoms. The third kappa shape index (κ3) is 3.55. The van der Waals surface area contributed by atoms with Crippen molar-refractivity contribution in [3.63, 3.8) is 0 Å². The molecule has 0 unspecified atom stereocenters. The van der Waals surface area contributed by atoms with Crippen molar-refractivity contribution in [3.05, 3.63) is 53.3 Å². The van der Waals surface area contributed by atoms with E-state index in [9.17, 15) is 9.59 Å². The molecule has 1 aliphatic heterocycles. The zero-order valence-electron chi connectivity index (χ0n) is 13.9. The zero-order valence-corrected chi connectivity index (χ0v) is 13.9. The van der Waals surface area contributed by atoms with Gasteiger partial charge < -0.3 is 19.9 Å². The summed E-state index contributed by atoms with van der Waals surface area (Å²) in [6.45, 7) is 4.58. The molecule has 1 aromatic carbocycles. The second-order valence-electron chi connectivity index (χ2n) is 6.37. The van der Waals surface area contributed by atoms with Gasteiger partial charge in [-0.15, -0.1) is 0 Å². The van der Waals surface area contributed by atoms with Crippen LogP contribution in [0.25, 0.3) is 0 Å². The number of aromatic nitrogens is 1. The molecule has 0 aliphatic carbocycles. The molecule has 0 fully saturated rings.